The van der Waals surface area contributed by atoms with E-state index in [1.807, 2.05) is 47.8 Å². The van der Waals surface area contributed by atoms with Crippen LogP contribution in [-0.2, 0) is 11.2 Å². The van der Waals surface area contributed by atoms with Crippen LogP contribution in [0.1, 0.15) is 37.8 Å². The minimum atomic E-state index is -0.0153. The predicted molar refractivity (Wildman–Crippen MR) is 98.1 cm³/mol. The van der Waals surface area contributed by atoms with Crippen molar-refractivity contribution < 1.29 is 9.32 Å². The third kappa shape index (κ3) is 4.54. The van der Waals surface area contributed by atoms with E-state index in [1.54, 1.807) is 11.3 Å². The molecule has 130 valence electrons. The van der Waals surface area contributed by atoms with Crippen molar-refractivity contribution in [3.63, 3.8) is 0 Å². The second-order valence-corrected chi connectivity index (χ2v) is 7.14. The molecule has 1 N–H and O–H groups in total. The molecular weight excluding hydrogens is 334 g/mol. The first-order valence-corrected chi connectivity index (χ1v) is 9.22. The highest BCUT2D eigenvalue weighted by atomic mass is 32.1. The van der Waals surface area contributed by atoms with E-state index in [1.165, 1.54) is 0 Å². The number of nitrogens with zero attached hydrogens (tertiary/aromatic N) is 2. The van der Waals surface area contributed by atoms with E-state index in [0.717, 1.165) is 10.4 Å². The topological polar surface area (TPSA) is 68.0 Å². The van der Waals surface area contributed by atoms with Crippen molar-refractivity contribution in [3.05, 3.63) is 59.3 Å². The molecule has 25 heavy (non-hydrogen) atoms. The van der Waals surface area contributed by atoms with Crippen LogP contribution in [-0.4, -0.2) is 16.0 Å². The van der Waals surface area contributed by atoms with E-state index in [2.05, 4.69) is 29.3 Å². The molecule has 0 aliphatic carbocycles. The lowest BCUT2D eigenvalue weighted by molar-refractivity contribution is -0.122. The van der Waals surface area contributed by atoms with Crippen LogP contribution in [0.15, 0.2) is 52.4 Å². The van der Waals surface area contributed by atoms with Gasteiger partial charge >= 0.3 is 0 Å². The van der Waals surface area contributed by atoms with Gasteiger partial charge in [0.1, 0.15) is 0 Å². The lowest BCUT2D eigenvalue weighted by Gasteiger charge is -2.22. The number of aromatic nitrogens is 2. The molecule has 3 aromatic rings. The van der Waals surface area contributed by atoms with E-state index in [0.29, 0.717) is 30.5 Å². The first kappa shape index (κ1) is 17.4. The molecule has 0 aliphatic rings. The van der Waals surface area contributed by atoms with Gasteiger partial charge in [0.25, 0.3) is 0 Å². The Labute approximate surface area is 151 Å². The average Bonchev–Trinajstić information content (AvgIpc) is 3.29. The van der Waals surface area contributed by atoms with E-state index >= 15 is 0 Å². The highest BCUT2D eigenvalue weighted by Gasteiger charge is 2.18. The van der Waals surface area contributed by atoms with Crippen LogP contribution in [0.4, 0.5) is 0 Å². The van der Waals surface area contributed by atoms with Crippen molar-refractivity contribution in [2.45, 2.75) is 32.7 Å². The molecule has 0 aliphatic heterocycles. The number of nitrogens with one attached hydrogen (secondary N) is 1. The van der Waals surface area contributed by atoms with Gasteiger partial charge in [0.2, 0.25) is 17.6 Å². The number of carbonyl (C=O) groups is 1. The first-order chi connectivity index (χ1) is 12.1. The Morgan fingerprint density at radius 1 is 1.20 bits per heavy atom. The summed E-state index contributed by atoms with van der Waals surface area (Å²) in [5.41, 5.74) is 1.11. The Morgan fingerprint density at radius 2 is 2.00 bits per heavy atom. The third-order valence-electron chi connectivity index (χ3n) is 3.92. The fraction of sp³-hybridized carbons (Fsp3) is 0.316. The molecule has 1 atom stereocenters. The molecule has 6 heteroatoms. The zero-order valence-electron chi connectivity index (χ0n) is 14.3. The molecule has 3 rings (SSSR count). The Balaban J connectivity index is 1.57. The van der Waals surface area contributed by atoms with Crippen molar-refractivity contribution in [1.82, 2.24) is 15.5 Å². The standard InChI is InChI=1S/C19H21N3O2S/c1-13(2)18(14-7-4-3-5-8-14)20-16(23)10-11-17-21-19(22-24-17)15-9-6-12-25-15/h3-9,12-13,18H,10-11H2,1-2H3,(H,20,23). The number of carbonyl (C=O) groups excluding carboxylic acids is 1. The summed E-state index contributed by atoms with van der Waals surface area (Å²) in [6, 6.07) is 13.9. The fourth-order valence-electron chi connectivity index (χ4n) is 2.62. The minimum Gasteiger partial charge on any atom is -0.349 e. The van der Waals surface area contributed by atoms with E-state index in [-0.39, 0.29) is 11.9 Å². The molecule has 0 fully saturated rings. The minimum absolute atomic E-state index is 0.00179. The largest absolute Gasteiger partial charge is 0.349 e. The van der Waals surface area contributed by atoms with E-state index in [4.69, 9.17) is 4.52 Å². The average molecular weight is 355 g/mol. The van der Waals surface area contributed by atoms with E-state index in [9.17, 15) is 4.79 Å². The van der Waals surface area contributed by atoms with E-state index < -0.39 is 0 Å². The highest BCUT2D eigenvalue weighted by molar-refractivity contribution is 7.13. The van der Waals surface area contributed by atoms with Crippen molar-refractivity contribution in [2.75, 3.05) is 0 Å². The number of amides is 1. The van der Waals surface area contributed by atoms with Crippen molar-refractivity contribution >= 4 is 17.2 Å². The van der Waals surface area contributed by atoms with Gasteiger partial charge < -0.3 is 9.84 Å². The van der Waals surface area contributed by atoms with Crippen LogP contribution in [0, 0.1) is 5.92 Å². The van der Waals surface area contributed by atoms with Gasteiger partial charge in [-0.15, -0.1) is 11.3 Å². The molecule has 1 unspecified atom stereocenters. The number of thiophene rings is 1. The molecular formula is C19H21N3O2S. The summed E-state index contributed by atoms with van der Waals surface area (Å²) in [4.78, 5) is 17.7. The molecule has 1 amide bonds. The number of benzene rings is 1. The SMILES string of the molecule is CC(C)C(NC(=O)CCc1nc(-c2cccs2)no1)c1ccccc1. The van der Waals surface area contributed by atoms with Crippen LogP contribution >= 0.6 is 11.3 Å². The summed E-state index contributed by atoms with van der Waals surface area (Å²) >= 11 is 1.56. The Bertz CT molecular complexity index is 797. The number of aryl methyl sites for hydroxylation is 1. The normalized spacial score (nSPS) is 12.3. The first-order valence-electron chi connectivity index (χ1n) is 8.34. The summed E-state index contributed by atoms with van der Waals surface area (Å²) < 4.78 is 5.24. The summed E-state index contributed by atoms with van der Waals surface area (Å²) in [6.07, 6.45) is 0.756. The molecule has 2 heterocycles. The maximum Gasteiger partial charge on any atom is 0.227 e. The molecule has 0 saturated heterocycles. The number of hydrogen-bond acceptors (Lipinski definition) is 5. The fourth-order valence-corrected chi connectivity index (χ4v) is 3.27. The zero-order valence-corrected chi connectivity index (χ0v) is 15.1. The van der Waals surface area contributed by atoms with Crippen LogP contribution in [0.2, 0.25) is 0 Å². The van der Waals surface area contributed by atoms with Gasteiger partial charge in [-0.3, -0.25) is 4.79 Å². The maximum absolute atomic E-state index is 12.3. The van der Waals surface area contributed by atoms with Gasteiger partial charge in [0.05, 0.1) is 10.9 Å². The van der Waals surface area contributed by atoms with Crippen LogP contribution in [0.25, 0.3) is 10.7 Å². The lowest BCUT2D eigenvalue weighted by atomic mass is 9.96. The van der Waals surface area contributed by atoms with Gasteiger partial charge in [-0.2, -0.15) is 4.98 Å². The summed E-state index contributed by atoms with van der Waals surface area (Å²) in [5, 5.41) is 9.04. The molecule has 0 saturated carbocycles. The van der Waals surface area contributed by atoms with Crippen LogP contribution in [0.3, 0.4) is 0 Å². The maximum atomic E-state index is 12.3. The molecule has 0 bridgehead atoms. The summed E-state index contributed by atoms with van der Waals surface area (Å²) in [7, 11) is 0. The quantitative estimate of drug-likeness (QED) is 0.688. The zero-order chi connectivity index (χ0) is 17.6. The van der Waals surface area contributed by atoms with Gasteiger partial charge in [0, 0.05) is 12.8 Å². The van der Waals surface area contributed by atoms with Crippen LogP contribution in [0.5, 0.6) is 0 Å². The number of rotatable bonds is 7. The molecule has 2 aromatic heterocycles. The Hall–Kier alpha value is -2.47. The molecule has 1 aromatic carbocycles. The van der Waals surface area contributed by atoms with Gasteiger partial charge in [0.15, 0.2) is 0 Å². The monoisotopic (exact) mass is 355 g/mol. The number of hydrogen-bond donors (Lipinski definition) is 1. The van der Waals surface area contributed by atoms with Crippen LogP contribution < -0.4 is 5.32 Å². The summed E-state index contributed by atoms with van der Waals surface area (Å²) in [6.45, 7) is 4.20. The predicted octanol–water partition coefficient (Wildman–Crippen LogP) is 4.24. The summed E-state index contributed by atoms with van der Waals surface area (Å²) in [5.74, 6) is 1.35. The molecule has 0 spiro atoms. The lowest BCUT2D eigenvalue weighted by Crippen LogP contribution is -2.31. The van der Waals surface area contributed by atoms with Crippen molar-refractivity contribution in [2.24, 2.45) is 5.92 Å². The van der Waals surface area contributed by atoms with Gasteiger partial charge in [-0.25, -0.2) is 0 Å². The molecule has 0 radical (unpaired) electrons. The van der Waals surface area contributed by atoms with Gasteiger partial charge in [-0.05, 0) is 22.9 Å². The Morgan fingerprint density at radius 3 is 2.68 bits per heavy atom. The second kappa shape index (κ2) is 8.07. The third-order valence-corrected chi connectivity index (χ3v) is 4.78. The van der Waals surface area contributed by atoms with Gasteiger partial charge in [-0.1, -0.05) is 55.4 Å². The molecule has 5 nitrogen and oxygen atoms in total. The Kier molecular flexibility index (Phi) is 5.60. The second-order valence-electron chi connectivity index (χ2n) is 6.19. The van der Waals surface area contributed by atoms with Crippen molar-refractivity contribution in [3.8, 4) is 10.7 Å². The highest BCUT2D eigenvalue weighted by Crippen LogP contribution is 2.23. The van der Waals surface area contributed by atoms with Crippen molar-refractivity contribution in [1.29, 1.82) is 0 Å². The smallest absolute Gasteiger partial charge is 0.227 e.